The fourth-order valence-electron chi connectivity index (χ4n) is 2.21. The van der Waals surface area contributed by atoms with Crippen molar-refractivity contribution in [1.29, 1.82) is 0 Å². The summed E-state index contributed by atoms with van der Waals surface area (Å²) in [4.78, 5) is 8.86. The van der Waals surface area contributed by atoms with Crippen molar-refractivity contribution in [1.82, 2.24) is 9.97 Å². The second-order valence-electron chi connectivity index (χ2n) is 4.39. The van der Waals surface area contributed by atoms with Crippen molar-refractivity contribution in [3.05, 3.63) is 48.0 Å². The van der Waals surface area contributed by atoms with Crippen molar-refractivity contribution in [2.45, 2.75) is 0 Å². The monoisotopic (exact) mass is 297 g/mol. The van der Waals surface area contributed by atoms with Gasteiger partial charge in [0.2, 0.25) is 5.88 Å². The van der Waals surface area contributed by atoms with E-state index >= 15 is 0 Å². The van der Waals surface area contributed by atoms with Crippen molar-refractivity contribution in [2.24, 2.45) is 0 Å². The zero-order valence-corrected chi connectivity index (χ0v) is 12.6. The molecule has 0 atom stereocenters. The highest BCUT2D eigenvalue weighted by Crippen LogP contribution is 2.36. The summed E-state index contributed by atoms with van der Waals surface area (Å²) in [6.07, 6.45) is 1.73. The van der Waals surface area contributed by atoms with Crippen LogP contribution in [0.1, 0.15) is 0 Å². The van der Waals surface area contributed by atoms with Gasteiger partial charge in [0.15, 0.2) is 5.13 Å². The molecule has 0 radical (unpaired) electrons. The van der Waals surface area contributed by atoms with Crippen LogP contribution >= 0.6 is 11.3 Å². The van der Waals surface area contributed by atoms with Gasteiger partial charge in [-0.3, -0.25) is 0 Å². The van der Waals surface area contributed by atoms with Crippen molar-refractivity contribution in [3.63, 3.8) is 0 Å². The standard InChI is InChI=1S/C16H15N3OS/c1-17-16-19-14(10-21-16)12-7-4-3-6-11(12)13-8-5-9-18-15(13)20-2/h3-10H,1-2H3,(H,17,19). The Balaban J connectivity index is 2.16. The number of nitrogens with zero attached hydrogens (tertiary/aromatic N) is 2. The third kappa shape index (κ3) is 2.60. The SMILES string of the molecule is CNc1nc(-c2ccccc2-c2cccnc2OC)cs1. The summed E-state index contributed by atoms with van der Waals surface area (Å²) in [6, 6.07) is 12.1. The van der Waals surface area contributed by atoms with Gasteiger partial charge < -0.3 is 10.1 Å². The molecular formula is C16H15N3OS. The normalized spacial score (nSPS) is 10.4. The molecule has 0 bridgehead atoms. The first-order valence-electron chi connectivity index (χ1n) is 6.55. The molecule has 21 heavy (non-hydrogen) atoms. The number of methoxy groups -OCH3 is 1. The maximum absolute atomic E-state index is 5.38. The van der Waals surface area contributed by atoms with Crippen LogP contribution in [0.15, 0.2) is 48.0 Å². The summed E-state index contributed by atoms with van der Waals surface area (Å²) in [6.45, 7) is 0. The van der Waals surface area contributed by atoms with Gasteiger partial charge >= 0.3 is 0 Å². The van der Waals surface area contributed by atoms with Crippen LogP contribution in [0.4, 0.5) is 5.13 Å². The molecule has 0 aliphatic carbocycles. The lowest BCUT2D eigenvalue weighted by Crippen LogP contribution is -1.93. The van der Waals surface area contributed by atoms with Crippen LogP contribution in [-0.4, -0.2) is 24.1 Å². The number of ether oxygens (including phenoxy) is 1. The summed E-state index contributed by atoms with van der Waals surface area (Å²) in [7, 11) is 3.51. The van der Waals surface area contributed by atoms with E-state index in [2.05, 4.69) is 27.4 Å². The zero-order chi connectivity index (χ0) is 14.7. The molecule has 5 heteroatoms. The summed E-state index contributed by atoms with van der Waals surface area (Å²) < 4.78 is 5.38. The Morgan fingerprint density at radius 3 is 2.52 bits per heavy atom. The minimum atomic E-state index is 0.619. The zero-order valence-electron chi connectivity index (χ0n) is 11.8. The Hall–Kier alpha value is -2.40. The van der Waals surface area contributed by atoms with Gasteiger partial charge in [-0.1, -0.05) is 24.3 Å². The van der Waals surface area contributed by atoms with Crippen LogP contribution in [0.5, 0.6) is 5.88 Å². The molecular weight excluding hydrogens is 282 g/mol. The van der Waals surface area contributed by atoms with Gasteiger partial charge in [0.25, 0.3) is 0 Å². The number of aromatic nitrogens is 2. The number of anilines is 1. The molecule has 2 aromatic heterocycles. The number of benzene rings is 1. The predicted molar refractivity (Wildman–Crippen MR) is 86.9 cm³/mol. The molecule has 0 fully saturated rings. The van der Waals surface area contributed by atoms with Crippen LogP contribution in [0.25, 0.3) is 22.4 Å². The molecule has 0 saturated carbocycles. The van der Waals surface area contributed by atoms with Gasteiger partial charge in [-0.25, -0.2) is 9.97 Å². The smallest absolute Gasteiger partial charge is 0.221 e. The number of pyridine rings is 1. The number of hydrogen-bond acceptors (Lipinski definition) is 5. The first kappa shape index (κ1) is 13.6. The van der Waals surface area contributed by atoms with Crippen molar-refractivity contribution in [3.8, 4) is 28.3 Å². The first-order valence-corrected chi connectivity index (χ1v) is 7.43. The Labute approximate surface area is 127 Å². The van der Waals surface area contributed by atoms with E-state index in [1.165, 1.54) is 0 Å². The molecule has 3 aromatic rings. The van der Waals surface area contributed by atoms with Gasteiger partial charge in [0, 0.05) is 29.8 Å². The van der Waals surface area contributed by atoms with Crippen molar-refractivity contribution >= 4 is 16.5 Å². The molecule has 1 N–H and O–H groups in total. The third-order valence-electron chi connectivity index (χ3n) is 3.18. The first-order chi connectivity index (χ1) is 10.3. The van der Waals surface area contributed by atoms with Gasteiger partial charge in [0.05, 0.1) is 12.8 Å². The highest BCUT2D eigenvalue weighted by atomic mass is 32.1. The van der Waals surface area contributed by atoms with E-state index in [4.69, 9.17) is 4.74 Å². The Kier molecular flexibility index (Phi) is 3.83. The quantitative estimate of drug-likeness (QED) is 0.793. The molecule has 4 nitrogen and oxygen atoms in total. The number of hydrogen-bond donors (Lipinski definition) is 1. The Bertz CT molecular complexity index is 755. The largest absolute Gasteiger partial charge is 0.481 e. The van der Waals surface area contributed by atoms with Crippen molar-refractivity contribution in [2.75, 3.05) is 19.5 Å². The fourth-order valence-corrected chi connectivity index (χ4v) is 2.88. The molecule has 106 valence electrons. The van der Waals surface area contributed by atoms with Gasteiger partial charge in [-0.2, -0.15) is 0 Å². The summed E-state index contributed by atoms with van der Waals surface area (Å²) >= 11 is 1.59. The van der Waals surface area contributed by atoms with E-state index in [-0.39, 0.29) is 0 Å². The van der Waals surface area contributed by atoms with Crippen LogP contribution in [0, 0.1) is 0 Å². The highest BCUT2D eigenvalue weighted by molar-refractivity contribution is 7.14. The predicted octanol–water partition coefficient (Wildman–Crippen LogP) is 3.92. The summed E-state index contributed by atoms with van der Waals surface area (Å²) in [5.41, 5.74) is 4.05. The molecule has 0 aliphatic heterocycles. The second kappa shape index (κ2) is 5.93. The van der Waals surface area contributed by atoms with Crippen LogP contribution in [0.3, 0.4) is 0 Å². The molecule has 0 saturated heterocycles. The lowest BCUT2D eigenvalue weighted by atomic mass is 9.99. The summed E-state index contributed by atoms with van der Waals surface area (Å²) in [5, 5.41) is 6.02. The molecule has 0 spiro atoms. The Morgan fingerprint density at radius 2 is 1.81 bits per heavy atom. The maximum Gasteiger partial charge on any atom is 0.221 e. The number of nitrogens with one attached hydrogen (secondary N) is 1. The lowest BCUT2D eigenvalue weighted by Gasteiger charge is -2.10. The van der Waals surface area contributed by atoms with E-state index in [0.717, 1.165) is 27.5 Å². The van der Waals surface area contributed by atoms with Gasteiger partial charge in [0.1, 0.15) is 0 Å². The molecule has 3 rings (SSSR count). The van der Waals surface area contributed by atoms with Gasteiger partial charge in [-0.05, 0) is 17.7 Å². The van der Waals surface area contributed by atoms with E-state index in [1.807, 2.05) is 36.7 Å². The van der Waals surface area contributed by atoms with E-state index in [0.29, 0.717) is 5.88 Å². The van der Waals surface area contributed by atoms with Crippen LogP contribution in [-0.2, 0) is 0 Å². The van der Waals surface area contributed by atoms with Crippen LogP contribution in [0.2, 0.25) is 0 Å². The number of thiazole rings is 1. The second-order valence-corrected chi connectivity index (χ2v) is 5.25. The number of rotatable bonds is 4. The van der Waals surface area contributed by atoms with E-state index in [9.17, 15) is 0 Å². The molecule has 2 heterocycles. The minimum Gasteiger partial charge on any atom is -0.481 e. The third-order valence-corrected chi connectivity index (χ3v) is 4.04. The maximum atomic E-state index is 5.38. The highest BCUT2D eigenvalue weighted by Gasteiger charge is 2.13. The minimum absolute atomic E-state index is 0.619. The molecule has 0 amide bonds. The average Bonchev–Trinajstić information content (AvgIpc) is 3.04. The summed E-state index contributed by atoms with van der Waals surface area (Å²) in [5.74, 6) is 0.619. The molecule has 0 aliphatic rings. The van der Waals surface area contributed by atoms with Crippen LogP contribution < -0.4 is 10.1 Å². The topological polar surface area (TPSA) is 47.0 Å². The molecule has 0 unspecified atom stereocenters. The Morgan fingerprint density at radius 1 is 1.05 bits per heavy atom. The van der Waals surface area contributed by atoms with Crippen molar-refractivity contribution < 1.29 is 4.74 Å². The lowest BCUT2D eigenvalue weighted by molar-refractivity contribution is 0.399. The fraction of sp³-hybridized carbons (Fsp3) is 0.125. The molecule has 1 aromatic carbocycles. The van der Waals surface area contributed by atoms with E-state index < -0.39 is 0 Å². The average molecular weight is 297 g/mol. The van der Waals surface area contributed by atoms with Gasteiger partial charge in [-0.15, -0.1) is 11.3 Å². The van der Waals surface area contributed by atoms with E-state index in [1.54, 1.807) is 24.6 Å².